The molecule has 76 valence electrons. The normalized spacial score (nSPS) is 12.4. The second-order valence-electron chi connectivity index (χ2n) is 3.14. The molecule has 5 nitrogen and oxygen atoms in total. The number of aromatic carboxylic acids is 1. The summed E-state index contributed by atoms with van der Waals surface area (Å²) >= 11 is 0. The molecule has 2 N–H and O–H groups in total. The highest BCUT2D eigenvalue weighted by Gasteiger charge is 2.10. The van der Waals surface area contributed by atoms with Crippen LogP contribution in [0.4, 0.5) is 0 Å². The fourth-order valence-corrected chi connectivity index (χ4v) is 1.07. The molecule has 0 saturated heterocycles. The molecule has 0 aliphatic rings. The average Bonchev–Trinajstić information content (AvgIpc) is 2.15. The summed E-state index contributed by atoms with van der Waals surface area (Å²) in [6, 6.07) is 1.40. The van der Waals surface area contributed by atoms with E-state index in [1.54, 1.807) is 0 Å². The first kappa shape index (κ1) is 10.4. The van der Waals surface area contributed by atoms with Gasteiger partial charge in [0.1, 0.15) is 0 Å². The quantitative estimate of drug-likeness (QED) is 0.754. The third kappa shape index (κ3) is 2.18. The molecule has 1 aromatic heterocycles. The Labute approximate surface area is 80.8 Å². The van der Waals surface area contributed by atoms with Gasteiger partial charge in [0.05, 0.1) is 0 Å². The number of aromatic amines is 1. The van der Waals surface area contributed by atoms with Gasteiger partial charge in [-0.15, -0.1) is 0 Å². The lowest BCUT2D eigenvalue weighted by Gasteiger charge is -2.07. The lowest BCUT2D eigenvalue weighted by atomic mass is 10.0. The predicted molar refractivity (Wildman–Crippen MR) is 50.5 cm³/mol. The summed E-state index contributed by atoms with van der Waals surface area (Å²) in [5.74, 6) is -1.05. The van der Waals surface area contributed by atoms with Crippen molar-refractivity contribution in [2.24, 2.45) is 0 Å². The van der Waals surface area contributed by atoms with E-state index in [4.69, 9.17) is 5.11 Å². The number of aromatic nitrogens is 2. The topological polar surface area (TPSA) is 83.0 Å². The molecule has 0 aromatic carbocycles. The summed E-state index contributed by atoms with van der Waals surface area (Å²) in [6.07, 6.45) is 0.832. The smallest absolute Gasteiger partial charge is 0.354 e. The number of carboxylic acid groups (broad SMARTS) is 1. The molecule has 1 rings (SSSR count). The van der Waals surface area contributed by atoms with Crippen LogP contribution in [0.5, 0.6) is 0 Å². The van der Waals surface area contributed by atoms with Gasteiger partial charge in [-0.25, -0.2) is 9.59 Å². The van der Waals surface area contributed by atoms with E-state index >= 15 is 0 Å². The van der Waals surface area contributed by atoms with Crippen molar-refractivity contribution >= 4 is 5.97 Å². The van der Waals surface area contributed by atoms with Gasteiger partial charge >= 0.3 is 11.7 Å². The standard InChI is InChI=1S/C9H12N2O3/c1-3-5(2)6-4-7(8(12)13)11-9(14)10-6/h4-5H,3H2,1-2H3,(H,12,13)(H,10,11,14). The monoisotopic (exact) mass is 196 g/mol. The number of hydrogen-bond donors (Lipinski definition) is 2. The van der Waals surface area contributed by atoms with E-state index in [1.165, 1.54) is 6.07 Å². The molecule has 14 heavy (non-hydrogen) atoms. The zero-order chi connectivity index (χ0) is 10.7. The van der Waals surface area contributed by atoms with E-state index in [2.05, 4.69) is 9.97 Å². The summed E-state index contributed by atoms with van der Waals surface area (Å²) < 4.78 is 0. The Morgan fingerprint density at radius 1 is 1.71 bits per heavy atom. The van der Waals surface area contributed by atoms with Gasteiger partial charge in [-0.1, -0.05) is 13.8 Å². The van der Waals surface area contributed by atoms with Crippen molar-refractivity contribution in [2.75, 3.05) is 0 Å². The molecular weight excluding hydrogens is 184 g/mol. The lowest BCUT2D eigenvalue weighted by molar-refractivity contribution is 0.0689. The van der Waals surface area contributed by atoms with Crippen LogP contribution in [0, 0.1) is 0 Å². The first-order chi connectivity index (χ1) is 6.54. The highest BCUT2D eigenvalue weighted by molar-refractivity contribution is 5.85. The maximum Gasteiger partial charge on any atom is 0.354 e. The second kappa shape index (κ2) is 4.04. The number of hydrogen-bond acceptors (Lipinski definition) is 3. The number of carboxylic acids is 1. The van der Waals surface area contributed by atoms with E-state index in [-0.39, 0.29) is 11.6 Å². The van der Waals surface area contributed by atoms with Gasteiger partial charge in [-0.05, 0) is 18.4 Å². The fraction of sp³-hybridized carbons (Fsp3) is 0.444. The lowest BCUT2D eigenvalue weighted by Crippen LogP contribution is -2.18. The maximum absolute atomic E-state index is 11.0. The second-order valence-corrected chi connectivity index (χ2v) is 3.14. The van der Waals surface area contributed by atoms with Gasteiger partial charge < -0.3 is 10.1 Å². The number of rotatable bonds is 3. The Balaban J connectivity index is 3.20. The summed E-state index contributed by atoms with van der Waals surface area (Å²) in [6.45, 7) is 3.88. The summed E-state index contributed by atoms with van der Waals surface area (Å²) in [5.41, 5.74) is -0.200. The summed E-state index contributed by atoms with van der Waals surface area (Å²) in [7, 11) is 0. The first-order valence-corrected chi connectivity index (χ1v) is 4.39. The highest BCUT2D eigenvalue weighted by Crippen LogP contribution is 2.14. The Morgan fingerprint density at radius 3 is 2.86 bits per heavy atom. The minimum atomic E-state index is -1.18. The minimum absolute atomic E-state index is 0.129. The van der Waals surface area contributed by atoms with Crippen LogP contribution in [-0.2, 0) is 0 Å². The van der Waals surface area contributed by atoms with Crippen molar-refractivity contribution < 1.29 is 9.90 Å². The number of nitrogens with one attached hydrogen (secondary N) is 1. The number of H-pyrrole nitrogens is 1. The van der Waals surface area contributed by atoms with Crippen molar-refractivity contribution in [2.45, 2.75) is 26.2 Å². The van der Waals surface area contributed by atoms with Crippen molar-refractivity contribution in [1.29, 1.82) is 0 Å². The van der Waals surface area contributed by atoms with Gasteiger partial charge in [-0.2, -0.15) is 4.98 Å². The Morgan fingerprint density at radius 2 is 2.36 bits per heavy atom. The van der Waals surface area contributed by atoms with Gasteiger partial charge in [0.2, 0.25) is 0 Å². The molecule has 1 aromatic rings. The molecule has 0 radical (unpaired) electrons. The van der Waals surface area contributed by atoms with E-state index in [9.17, 15) is 9.59 Å². The van der Waals surface area contributed by atoms with Crippen molar-refractivity contribution in [1.82, 2.24) is 9.97 Å². The van der Waals surface area contributed by atoms with Gasteiger partial charge in [0.25, 0.3) is 0 Å². The summed E-state index contributed by atoms with van der Waals surface area (Å²) in [4.78, 5) is 27.5. The van der Waals surface area contributed by atoms with Crippen LogP contribution in [0.15, 0.2) is 10.9 Å². The third-order valence-corrected chi connectivity index (χ3v) is 2.13. The SMILES string of the molecule is CCC(C)c1cc(C(=O)O)nc(=O)[nH]1. The molecule has 0 amide bonds. The number of nitrogens with zero attached hydrogens (tertiary/aromatic N) is 1. The van der Waals surface area contributed by atoms with Crippen LogP contribution in [0.25, 0.3) is 0 Å². The van der Waals surface area contributed by atoms with Crippen LogP contribution < -0.4 is 5.69 Å². The molecule has 1 atom stereocenters. The Hall–Kier alpha value is -1.65. The minimum Gasteiger partial charge on any atom is -0.477 e. The number of carbonyl (C=O) groups is 1. The van der Waals surface area contributed by atoms with Crippen LogP contribution in [-0.4, -0.2) is 21.0 Å². The van der Waals surface area contributed by atoms with E-state index < -0.39 is 11.7 Å². The fourth-order valence-electron chi connectivity index (χ4n) is 1.07. The molecule has 1 unspecified atom stereocenters. The van der Waals surface area contributed by atoms with Crippen LogP contribution >= 0.6 is 0 Å². The Bertz CT molecular complexity index is 397. The van der Waals surface area contributed by atoms with Crippen molar-refractivity contribution in [3.63, 3.8) is 0 Å². The van der Waals surface area contributed by atoms with Crippen LogP contribution in [0.2, 0.25) is 0 Å². The zero-order valence-electron chi connectivity index (χ0n) is 8.07. The largest absolute Gasteiger partial charge is 0.477 e. The molecule has 0 aliphatic heterocycles. The van der Waals surface area contributed by atoms with Gasteiger partial charge in [-0.3, -0.25) is 0 Å². The van der Waals surface area contributed by atoms with E-state index in [1.807, 2.05) is 13.8 Å². The first-order valence-electron chi connectivity index (χ1n) is 4.39. The molecule has 0 bridgehead atoms. The van der Waals surface area contributed by atoms with Crippen molar-refractivity contribution in [3.05, 3.63) is 27.9 Å². The molecule has 5 heteroatoms. The predicted octanol–water partition coefficient (Wildman–Crippen LogP) is 0.982. The van der Waals surface area contributed by atoms with Gasteiger partial charge in [0, 0.05) is 5.69 Å². The summed E-state index contributed by atoms with van der Waals surface area (Å²) in [5, 5.41) is 8.67. The third-order valence-electron chi connectivity index (χ3n) is 2.13. The molecule has 0 fully saturated rings. The molecule has 0 saturated carbocycles. The average molecular weight is 196 g/mol. The van der Waals surface area contributed by atoms with Crippen LogP contribution in [0.1, 0.15) is 42.4 Å². The van der Waals surface area contributed by atoms with Crippen LogP contribution in [0.3, 0.4) is 0 Å². The van der Waals surface area contributed by atoms with E-state index in [0.717, 1.165) is 6.42 Å². The molecular formula is C9H12N2O3. The zero-order valence-corrected chi connectivity index (χ0v) is 8.07. The molecule has 0 spiro atoms. The van der Waals surface area contributed by atoms with E-state index in [0.29, 0.717) is 5.69 Å². The maximum atomic E-state index is 11.0. The molecule has 0 aliphatic carbocycles. The highest BCUT2D eigenvalue weighted by atomic mass is 16.4. The Kier molecular flexibility index (Phi) is 3.01. The van der Waals surface area contributed by atoms with Crippen molar-refractivity contribution in [3.8, 4) is 0 Å². The van der Waals surface area contributed by atoms with Gasteiger partial charge in [0.15, 0.2) is 5.69 Å². The molecule has 1 heterocycles.